The van der Waals surface area contributed by atoms with Crippen LogP contribution in [-0.2, 0) is 15.9 Å². The maximum Gasteiger partial charge on any atom is 0.174 e. The predicted molar refractivity (Wildman–Crippen MR) is 112 cm³/mol. The van der Waals surface area contributed by atoms with E-state index in [1.54, 1.807) is 7.11 Å². The number of benzene rings is 1. The topological polar surface area (TPSA) is 47.9 Å². The molecule has 1 aromatic carbocycles. The van der Waals surface area contributed by atoms with E-state index in [0.29, 0.717) is 11.8 Å². The molecule has 3 fully saturated rings. The summed E-state index contributed by atoms with van der Waals surface area (Å²) in [4.78, 5) is 0. The van der Waals surface area contributed by atoms with Gasteiger partial charge in [0, 0.05) is 23.2 Å². The molecule has 0 radical (unpaired) electrons. The van der Waals surface area contributed by atoms with E-state index in [4.69, 9.17) is 14.2 Å². The van der Waals surface area contributed by atoms with Gasteiger partial charge in [0.2, 0.25) is 0 Å². The molecular formula is C25H36O4. The van der Waals surface area contributed by atoms with Gasteiger partial charge in [-0.1, -0.05) is 26.8 Å². The van der Waals surface area contributed by atoms with Crippen molar-refractivity contribution in [3.8, 4) is 5.75 Å². The molecule has 160 valence electrons. The number of rotatable bonds is 2. The second-order valence-corrected chi connectivity index (χ2v) is 10.7. The monoisotopic (exact) mass is 400 g/mol. The number of fused-ring (bicyclic) bond motifs is 6. The summed E-state index contributed by atoms with van der Waals surface area (Å²) in [5.74, 6) is 1.69. The minimum atomic E-state index is -0.506. The number of hydrogen-bond acceptors (Lipinski definition) is 4. The first kappa shape index (κ1) is 19.8. The molecule has 5 atom stereocenters. The Kier molecular flexibility index (Phi) is 4.58. The Labute approximate surface area is 174 Å². The van der Waals surface area contributed by atoms with E-state index in [2.05, 4.69) is 39.0 Å². The van der Waals surface area contributed by atoms with Gasteiger partial charge < -0.3 is 19.3 Å². The quantitative estimate of drug-likeness (QED) is 0.783. The molecule has 4 unspecified atom stereocenters. The van der Waals surface area contributed by atoms with Crippen molar-refractivity contribution in [2.45, 2.75) is 77.1 Å². The Balaban J connectivity index is 1.51. The van der Waals surface area contributed by atoms with Crippen LogP contribution >= 0.6 is 0 Å². The largest absolute Gasteiger partial charge is 0.497 e. The Morgan fingerprint density at radius 2 is 1.93 bits per heavy atom. The van der Waals surface area contributed by atoms with Crippen molar-refractivity contribution in [1.29, 1.82) is 0 Å². The minimum absolute atomic E-state index is 0.0664. The van der Waals surface area contributed by atoms with Crippen molar-refractivity contribution in [2.75, 3.05) is 20.3 Å². The Morgan fingerprint density at radius 1 is 1.17 bits per heavy atom. The number of methoxy groups -OCH3 is 1. The molecule has 0 bridgehead atoms. The number of hydrogen-bond donors (Lipinski definition) is 1. The van der Waals surface area contributed by atoms with Crippen LogP contribution < -0.4 is 4.74 Å². The average molecular weight is 401 g/mol. The maximum absolute atomic E-state index is 11.5. The lowest BCUT2D eigenvalue weighted by atomic mass is 9.52. The van der Waals surface area contributed by atoms with Crippen molar-refractivity contribution >= 4 is 0 Å². The highest BCUT2D eigenvalue weighted by Gasteiger charge is 2.68. The van der Waals surface area contributed by atoms with E-state index in [9.17, 15) is 5.11 Å². The third kappa shape index (κ3) is 2.75. The maximum atomic E-state index is 11.5. The number of ether oxygens (including phenoxy) is 3. The molecule has 1 saturated heterocycles. The van der Waals surface area contributed by atoms with Crippen LogP contribution in [0, 0.1) is 22.7 Å². The molecule has 29 heavy (non-hydrogen) atoms. The second-order valence-electron chi connectivity index (χ2n) is 10.7. The molecule has 1 spiro atoms. The molecule has 4 aliphatic rings. The van der Waals surface area contributed by atoms with Crippen LogP contribution in [0.25, 0.3) is 0 Å². The van der Waals surface area contributed by atoms with Gasteiger partial charge in [-0.2, -0.15) is 0 Å². The van der Waals surface area contributed by atoms with Crippen molar-refractivity contribution < 1.29 is 19.3 Å². The number of aliphatic hydroxyl groups is 1. The highest BCUT2D eigenvalue weighted by molar-refractivity contribution is 5.41. The van der Waals surface area contributed by atoms with E-state index < -0.39 is 5.79 Å². The predicted octanol–water partition coefficient (Wildman–Crippen LogP) is 4.68. The van der Waals surface area contributed by atoms with Crippen LogP contribution in [0.15, 0.2) is 18.2 Å². The van der Waals surface area contributed by atoms with Crippen LogP contribution in [0.2, 0.25) is 0 Å². The summed E-state index contributed by atoms with van der Waals surface area (Å²) in [5.41, 5.74) is 2.69. The van der Waals surface area contributed by atoms with Gasteiger partial charge in [0.15, 0.2) is 5.79 Å². The summed E-state index contributed by atoms with van der Waals surface area (Å²) in [6.07, 6.45) is 5.75. The summed E-state index contributed by atoms with van der Waals surface area (Å²) in [6.45, 7) is 8.19. The number of aryl methyl sites for hydroxylation is 1. The molecule has 1 heterocycles. The fourth-order valence-electron chi connectivity index (χ4n) is 7.33. The van der Waals surface area contributed by atoms with Crippen LogP contribution in [0.4, 0.5) is 0 Å². The van der Waals surface area contributed by atoms with Crippen molar-refractivity contribution in [2.24, 2.45) is 22.7 Å². The third-order valence-electron chi connectivity index (χ3n) is 8.70. The zero-order chi connectivity index (χ0) is 20.4. The molecular weight excluding hydrogens is 364 g/mol. The van der Waals surface area contributed by atoms with Gasteiger partial charge in [-0.3, -0.25) is 0 Å². The van der Waals surface area contributed by atoms with E-state index >= 15 is 0 Å². The van der Waals surface area contributed by atoms with Crippen molar-refractivity contribution in [3.63, 3.8) is 0 Å². The van der Waals surface area contributed by atoms with Gasteiger partial charge >= 0.3 is 0 Å². The fraction of sp³-hybridized carbons (Fsp3) is 0.760. The molecule has 0 aromatic heterocycles. The Morgan fingerprint density at radius 3 is 2.62 bits per heavy atom. The molecule has 1 aromatic rings. The van der Waals surface area contributed by atoms with Crippen molar-refractivity contribution in [3.05, 3.63) is 29.3 Å². The van der Waals surface area contributed by atoms with E-state index in [-0.39, 0.29) is 22.9 Å². The minimum Gasteiger partial charge on any atom is -0.497 e. The van der Waals surface area contributed by atoms with Gasteiger partial charge in [0.05, 0.1) is 26.4 Å². The molecule has 4 nitrogen and oxygen atoms in total. The summed E-state index contributed by atoms with van der Waals surface area (Å²) in [7, 11) is 1.72. The highest BCUT2D eigenvalue weighted by Crippen LogP contribution is 2.67. The number of aliphatic hydroxyl groups excluding tert-OH is 1. The summed E-state index contributed by atoms with van der Waals surface area (Å²) < 4.78 is 18.6. The van der Waals surface area contributed by atoms with Gasteiger partial charge in [-0.15, -0.1) is 0 Å². The third-order valence-corrected chi connectivity index (χ3v) is 8.70. The van der Waals surface area contributed by atoms with E-state index in [1.165, 1.54) is 11.1 Å². The van der Waals surface area contributed by atoms with Gasteiger partial charge in [0.25, 0.3) is 0 Å². The van der Waals surface area contributed by atoms with Gasteiger partial charge in [0.1, 0.15) is 5.75 Å². The van der Waals surface area contributed by atoms with Crippen LogP contribution in [-0.4, -0.2) is 37.3 Å². The Hall–Kier alpha value is -1.10. The van der Waals surface area contributed by atoms with Crippen LogP contribution in [0.1, 0.15) is 69.9 Å². The van der Waals surface area contributed by atoms with Gasteiger partial charge in [-0.25, -0.2) is 0 Å². The normalized spacial score (nSPS) is 39.5. The summed E-state index contributed by atoms with van der Waals surface area (Å²) in [5, 5.41) is 11.5. The second kappa shape index (κ2) is 6.70. The van der Waals surface area contributed by atoms with Crippen LogP contribution in [0.3, 0.4) is 0 Å². The molecule has 4 heteroatoms. The first-order valence-corrected chi connectivity index (χ1v) is 11.5. The Bertz CT molecular complexity index is 777. The first-order chi connectivity index (χ1) is 13.8. The smallest absolute Gasteiger partial charge is 0.174 e. The molecule has 0 amide bonds. The molecule has 1 aliphatic heterocycles. The fourth-order valence-corrected chi connectivity index (χ4v) is 7.33. The van der Waals surface area contributed by atoms with E-state index in [1.807, 2.05) is 0 Å². The zero-order valence-corrected chi connectivity index (χ0v) is 18.4. The highest BCUT2D eigenvalue weighted by atomic mass is 16.7. The lowest BCUT2D eigenvalue weighted by Crippen LogP contribution is -2.61. The standard InChI is InChI=1S/C25H36O4/c1-5-24-13-21(26)22-18-9-7-17(27-4)12-16(18)6-8-19(22)20(24)10-11-25(24)28-14-23(2,3)15-29-25/h7,9,12,19-22,26H,5-6,8,10-11,13-15H2,1-4H3/t19?,20?,21?,22?,24-/m0/s1. The molecule has 1 N–H and O–H groups in total. The first-order valence-electron chi connectivity index (χ1n) is 11.5. The molecule has 3 aliphatic carbocycles. The lowest BCUT2D eigenvalue weighted by molar-refractivity contribution is -0.353. The molecule has 5 rings (SSSR count). The average Bonchev–Trinajstić information content (AvgIpc) is 3.04. The van der Waals surface area contributed by atoms with E-state index in [0.717, 1.165) is 57.5 Å². The zero-order valence-electron chi connectivity index (χ0n) is 18.4. The molecule has 2 saturated carbocycles. The summed E-state index contributed by atoms with van der Waals surface area (Å²) in [6, 6.07) is 6.43. The van der Waals surface area contributed by atoms with Gasteiger partial charge in [-0.05, 0) is 67.2 Å². The van der Waals surface area contributed by atoms with Crippen LogP contribution in [0.5, 0.6) is 5.75 Å². The lowest BCUT2D eigenvalue weighted by Gasteiger charge is -2.58. The SMILES string of the molecule is CC[C@]12CC(O)C3c4ccc(OC)cc4CCC3C1CCC21OCC(C)(C)CO1. The van der Waals surface area contributed by atoms with Crippen molar-refractivity contribution in [1.82, 2.24) is 0 Å². The summed E-state index contributed by atoms with van der Waals surface area (Å²) >= 11 is 0.